The van der Waals surface area contributed by atoms with E-state index in [1.165, 1.54) is 0 Å². The van der Waals surface area contributed by atoms with Crippen LogP contribution in [0.2, 0.25) is 0 Å². The van der Waals surface area contributed by atoms with Gasteiger partial charge in [-0.25, -0.2) is 0 Å². The highest BCUT2D eigenvalue weighted by Crippen LogP contribution is 2.39. The highest BCUT2D eigenvalue weighted by Gasteiger charge is 2.47. The molecule has 3 atom stereocenters. The molecule has 1 aliphatic heterocycles. The van der Waals surface area contributed by atoms with Crippen LogP contribution < -0.4 is 5.73 Å². The van der Waals surface area contributed by atoms with E-state index in [0.29, 0.717) is 19.1 Å². The number of hydrogen-bond donors (Lipinski definition) is 1. The Morgan fingerprint density at radius 2 is 2.06 bits per heavy atom. The third-order valence-corrected chi connectivity index (χ3v) is 3.75. The van der Waals surface area contributed by atoms with Crippen LogP contribution in [0.3, 0.4) is 0 Å². The summed E-state index contributed by atoms with van der Waals surface area (Å²) < 4.78 is 5.52. The molecule has 4 nitrogen and oxygen atoms in total. The number of carbonyl (C=O) groups excluding carboxylic acids is 1. The van der Waals surface area contributed by atoms with Crippen LogP contribution in [0.1, 0.15) is 33.6 Å². The van der Waals surface area contributed by atoms with Gasteiger partial charge in [0.2, 0.25) is 5.91 Å². The molecule has 0 spiro atoms. The maximum Gasteiger partial charge on any atom is 0.243 e. The van der Waals surface area contributed by atoms with E-state index in [9.17, 15) is 4.79 Å². The lowest BCUT2D eigenvalue weighted by molar-refractivity contribution is -0.149. The summed E-state index contributed by atoms with van der Waals surface area (Å²) in [5.74, 6) is 0.475. The monoisotopic (exact) mass is 226 g/mol. The van der Waals surface area contributed by atoms with E-state index in [1.807, 2.05) is 25.7 Å². The van der Waals surface area contributed by atoms with Crippen LogP contribution in [0.4, 0.5) is 0 Å². The van der Waals surface area contributed by atoms with Gasteiger partial charge in [0, 0.05) is 6.54 Å². The molecule has 1 heterocycles. The number of hydrogen-bond acceptors (Lipinski definition) is 3. The van der Waals surface area contributed by atoms with Gasteiger partial charge in [-0.2, -0.15) is 0 Å². The molecule has 1 saturated carbocycles. The molecule has 2 aliphatic rings. The van der Waals surface area contributed by atoms with Gasteiger partial charge >= 0.3 is 0 Å². The van der Waals surface area contributed by atoms with Gasteiger partial charge in [0.05, 0.1) is 24.3 Å². The Hall–Kier alpha value is -0.610. The van der Waals surface area contributed by atoms with Crippen molar-refractivity contribution in [1.29, 1.82) is 0 Å². The van der Waals surface area contributed by atoms with Crippen molar-refractivity contribution in [1.82, 2.24) is 4.90 Å². The summed E-state index contributed by atoms with van der Waals surface area (Å²) in [7, 11) is 0. The maximum atomic E-state index is 12.4. The fourth-order valence-electron chi connectivity index (χ4n) is 2.35. The number of amides is 1. The van der Waals surface area contributed by atoms with Crippen LogP contribution in [0.15, 0.2) is 0 Å². The average Bonchev–Trinajstić information content (AvgIpc) is 3.04. The van der Waals surface area contributed by atoms with E-state index in [0.717, 1.165) is 12.8 Å². The van der Waals surface area contributed by atoms with Crippen LogP contribution in [0, 0.1) is 5.92 Å². The number of rotatable bonds is 2. The minimum atomic E-state index is -0.675. The van der Waals surface area contributed by atoms with Gasteiger partial charge in [-0.3, -0.25) is 4.79 Å². The van der Waals surface area contributed by atoms with Gasteiger partial charge in [0.15, 0.2) is 0 Å². The van der Waals surface area contributed by atoms with Gasteiger partial charge < -0.3 is 15.4 Å². The molecular formula is C12H22N2O2. The van der Waals surface area contributed by atoms with Crippen molar-refractivity contribution >= 4 is 5.91 Å². The normalized spacial score (nSPS) is 34.6. The first kappa shape index (κ1) is 11.9. The lowest BCUT2D eigenvalue weighted by Gasteiger charge is -2.41. The van der Waals surface area contributed by atoms with Crippen LogP contribution >= 0.6 is 0 Å². The molecular weight excluding hydrogens is 204 g/mol. The zero-order chi connectivity index (χ0) is 11.9. The highest BCUT2D eigenvalue weighted by molar-refractivity contribution is 5.86. The number of carbonyl (C=O) groups is 1. The Morgan fingerprint density at radius 3 is 2.62 bits per heavy atom. The first-order chi connectivity index (χ1) is 7.43. The molecule has 16 heavy (non-hydrogen) atoms. The van der Waals surface area contributed by atoms with Crippen LogP contribution in [-0.4, -0.2) is 41.6 Å². The zero-order valence-electron chi connectivity index (χ0n) is 10.4. The van der Waals surface area contributed by atoms with Gasteiger partial charge in [-0.15, -0.1) is 0 Å². The summed E-state index contributed by atoms with van der Waals surface area (Å²) in [5, 5.41) is 0. The molecule has 2 fully saturated rings. The number of morpholine rings is 1. The van der Waals surface area contributed by atoms with Crippen molar-refractivity contribution in [2.75, 3.05) is 13.2 Å². The van der Waals surface area contributed by atoms with E-state index >= 15 is 0 Å². The molecule has 1 saturated heterocycles. The fraction of sp³-hybridized carbons (Fsp3) is 0.917. The summed E-state index contributed by atoms with van der Waals surface area (Å²) in [5.41, 5.74) is 5.50. The highest BCUT2D eigenvalue weighted by atomic mass is 16.5. The van der Waals surface area contributed by atoms with E-state index in [4.69, 9.17) is 10.5 Å². The molecule has 4 heteroatoms. The third kappa shape index (κ3) is 2.09. The van der Waals surface area contributed by atoms with Gasteiger partial charge in [0.1, 0.15) is 0 Å². The maximum absolute atomic E-state index is 12.4. The Labute approximate surface area is 97.1 Å². The largest absolute Gasteiger partial charge is 0.375 e. The van der Waals surface area contributed by atoms with Crippen molar-refractivity contribution in [2.24, 2.45) is 11.7 Å². The minimum absolute atomic E-state index is 0.0950. The molecule has 1 amide bonds. The quantitative estimate of drug-likeness (QED) is 0.756. The molecule has 0 aromatic heterocycles. The molecule has 0 aromatic rings. The molecule has 92 valence electrons. The molecule has 0 radical (unpaired) electrons. The van der Waals surface area contributed by atoms with Gasteiger partial charge in [0.25, 0.3) is 0 Å². The Balaban J connectivity index is 2.07. The average molecular weight is 226 g/mol. The molecule has 0 bridgehead atoms. The predicted molar refractivity (Wildman–Crippen MR) is 61.9 cm³/mol. The van der Waals surface area contributed by atoms with Crippen molar-refractivity contribution in [3.63, 3.8) is 0 Å². The summed E-state index contributed by atoms with van der Waals surface area (Å²) in [6, 6.07) is 0.144. The van der Waals surface area contributed by atoms with E-state index in [-0.39, 0.29) is 18.1 Å². The zero-order valence-corrected chi connectivity index (χ0v) is 10.4. The molecule has 3 unspecified atom stereocenters. The van der Waals surface area contributed by atoms with Gasteiger partial charge in [-0.05, 0) is 39.5 Å². The van der Waals surface area contributed by atoms with Crippen LogP contribution in [0.5, 0.6) is 0 Å². The second-order valence-corrected chi connectivity index (χ2v) is 5.51. The molecule has 0 aromatic carbocycles. The van der Waals surface area contributed by atoms with Crippen molar-refractivity contribution in [3.05, 3.63) is 0 Å². The molecule has 2 N–H and O–H groups in total. The van der Waals surface area contributed by atoms with E-state index in [2.05, 4.69) is 0 Å². The Morgan fingerprint density at radius 1 is 1.44 bits per heavy atom. The SMILES string of the molecule is CC1CN(C(=O)C(C)(N)C2CC2)C(C)CO1. The van der Waals surface area contributed by atoms with Gasteiger partial charge in [-0.1, -0.05) is 0 Å². The summed E-state index contributed by atoms with van der Waals surface area (Å²) >= 11 is 0. The summed E-state index contributed by atoms with van der Waals surface area (Å²) in [6.45, 7) is 7.18. The minimum Gasteiger partial charge on any atom is -0.375 e. The van der Waals surface area contributed by atoms with Crippen molar-refractivity contribution in [3.8, 4) is 0 Å². The third-order valence-electron chi connectivity index (χ3n) is 3.75. The standard InChI is InChI=1S/C12H22N2O2/c1-8-7-16-9(2)6-14(8)11(15)12(3,13)10-4-5-10/h8-10H,4-7,13H2,1-3H3. The van der Waals surface area contributed by atoms with E-state index < -0.39 is 5.54 Å². The second-order valence-electron chi connectivity index (χ2n) is 5.51. The Kier molecular flexibility index (Phi) is 2.97. The number of ether oxygens (including phenoxy) is 1. The predicted octanol–water partition coefficient (Wildman–Crippen LogP) is 0.750. The second kappa shape index (κ2) is 4.00. The molecule has 1 aliphatic carbocycles. The first-order valence-corrected chi connectivity index (χ1v) is 6.14. The van der Waals surface area contributed by atoms with Crippen LogP contribution in [-0.2, 0) is 9.53 Å². The summed E-state index contributed by atoms with van der Waals surface area (Å²) in [6.07, 6.45) is 2.30. The Bertz CT molecular complexity index is 287. The van der Waals surface area contributed by atoms with Crippen LogP contribution in [0.25, 0.3) is 0 Å². The van der Waals surface area contributed by atoms with Crippen molar-refractivity contribution in [2.45, 2.75) is 51.3 Å². The number of nitrogens with two attached hydrogens (primary N) is 1. The first-order valence-electron chi connectivity index (χ1n) is 6.14. The lowest BCUT2D eigenvalue weighted by atomic mass is 9.94. The fourth-order valence-corrected chi connectivity index (χ4v) is 2.35. The topological polar surface area (TPSA) is 55.6 Å². The lowest BCUT2D eigenvalue weighted by Crippen LogP contribution is -2.60. The smallest absolute Gasteiger partial charge is 0.243 e. The number of nitrogens with zero attached hydrogens (tertiary/aromatic N) is 1. The van der Waals surface area contributed by atoms with E-state index in [1.54, 1.807) is 0 Å². The molecule has 2 rings (SSSR count). The van der Waals surface area contributed by atoms with Crippen molar-refractivity contribution < 1.29 is 9.53 Å². The summed E-state index contributed by atoms with van der Waals surface area (Å²) in [4.78, 5) is 14.3.